The van der Waals surface area contributed by atoms with Gasteiger partial charge in [0.05, 0.1) is 32.5 Å². The van der Waals surface area contributed by atoms with Crippen molar-refractivity contribution in [3.8, 4) is 0 Å². The van der Waals surface area contributed by atoms with Gasteiger partial charge in [-0.15, -0.1) is 10.2 Å². The maximum atomic E-state index is 12.2. The summed E-state index contributed by atoms with van der Waals surface area (Å²) in [5.74, 6) is 0. The fraction of sp³-hybridized carbons (Fsp3) is 0. The topological polar surface area (TPSA) is 216 Å². The van der Waals surface area contributed by atoms with Crippen LogP contribution in [0.25, 0.3) is 33.7 Å². The average Bonchev–Trinajstić information content (AvgIpc) is 3.06. The Balaban J connectivity index is 0.00000281. The molecule has 50 heavy (non-hydrogen) atoms. The molecule has 0 spiro atoms. The minimum atomic E-state index is -5.02. The van der Waals surface area contributed by atoms with E-state index in [1.54, 1.807) is 24.3 Å². The molecular formula is C34H24N6Na2O6S2. The first-order chi connectivity index (χ1) is 22.9. The molecule has 6 aromatic rings. The molecule has 0 saturated carbocycles. The standard InChI is InChI=1S/C34H26N6O6S2.2Na/c35-29-15-17-31(27-7-3-1-5-25(27)29)39-37-23-13-11-21(33(19-23)47(41,42)43)9-10-22-12-14-24(20-34(22)48(44,45)46)38-40-32-18-16-30(36)26-6-2-4-8-28(26)32;;/h1-20H,35-36H2,(H,41,42,43)(H,44,45,46);;/q;2*+1/p-2/b10-9+,39-37?,40-38?;;. The second kappa shape index (κ2) is 16.0. The molecule has 0 atom stereocenters. The minimum absolute atomic E-state index is 0. The van der Waals surface area contributed by atoms with E-state index in [9.17, 15) is 25.9 Å². The molecule has 0 aromatic heterocycles. The molecule has 240 valence electrons. The zero-order chi connectivity index (χ0) is 34.1. The van der Waals surface area contributed by atoms with Gasteiger partial charge in [0, 0.05) is 32.9 Å². The Morgan fingerprint density at radius 2 is 0.840 bits per heavy atom. The van der Waals surface area contributed by atoms with E-state index in [-0.39, 0.29) is 81.6 Å². The molecule has 6 rings (SSSR count). The Bertz CT molecular complexity index is 2390. The van der Waals surface area contributed by atoms with Gasteiger partial charge in [0.2, 0.25) is 0 Å². The number of fused-ring (bicyclic) bond motifs is 2. The van der Waals surface area contributed by atoms with Gasteiger partial charge in [0.15, 0.2) is 0 Å². The van der Waals surface area contributed by atoms with Gasteiger partial charge in [-0.3, -0.25) is 0 Å². The fourth-order valence-corrected chi connectivity index (χ4v) is 6.45. The molecule has 0 fully saturated rings. The van der Waals surface area contributed by atoms with Gasteiger partial charge in [-0.1, -0.05) is 72.8 Å². The fourth-order valence-electron chi connectivity index (χ4n) is 5.07. The van der Waals surface area contributed by atoms with Gasteiger partial charge in [0.25, 0.3) is 0 Å². The van der Waals surface area contributed by atoms with E-state index >= 15 is 0 Å². The van der Waals surface area contributed by atoms with Crippen LogP contribution in [-0.4, -0.2) is 25.9 Å². The van der Waals surface area contributed by atoms with Gasteiger partial charge >= 0.3 is 59.1 Å². The van der Waals surface area contributed by atoms with Crippen molar-refractivity contribution in [3.05, 3.63) is 120 Å². The van der Waals surface area contributed by atoms with Crippen molar-refractivity contribution in [2.24, 2.45) is 20.5 Å². The first kappa shape index (κ1) is 39.0. The van der Waals surface area contributed by atoms with Gasteiger partial charge in [-0.2, -0.15) is 10.2 Å². The molecule has 0 saturated heterocycles. The number of hydrogen-bond donors (Lipinski definition) is 2. The predicted molar refractivity (Wildman–Crippen MR) is 183 cm³/mol. The minimum Gasteiger partial charge on any atom is -0.744 e. The van der Waals surface area contributed by atoms with Crippen LogP contribution in [-0.2, 0) is 20.2 Å². The van der Waals surface area contributed by atoms with Crippen molar-refractivity contribution < 1.29 is 85.1 Å². The summed E-state index contributed by atoms with van der Waals surface area (Å²) < 4.78 is 73.3. The summed E-state index contributed by atoms with van der Waals surface area (Å²) in [6, 6.07) is 28.9. The number of anilines is 2. The summed E-state index contributed by atoms with van der Waals surface area (Å²) in [6.07, 6.45) is 2.43. The molecule has 0 aliphatic heterocycles. The van der Waals surface area contributed by atoms with Crippen LogP contribution in [0, 0.1) is 0 Å². The summed E-state index contributed by atoms with van der Waals surface area (Å²) in [5.41, 5.74) is 14.2. The van der Waals surface area contributed by atoms with Gasteiger partial charge < -0.3 is 20.6 Å². The van der Waals surface area contributed by atoms with Gasteiger partial charge in [-0.05, 0) is 59.7 Å². The Labute approximate surface area is 332 Å². The quantitative estimate of drug-likeness (QED) is 0.0777. The van der Waals surface area contributed by atoms with E-state index in [2.05, 4.69) is 20.5 Å². The molecule has 16 heteroatoms. The van der Waals surface area contributed by atoms with E-state index in [1.165, 1.54) is 36.4 Å². The second-order valence-electron chi connectivity index (χ2n) is 10.5. The van der Waals surface area contributed by atoms with Crippen LogP contribution in [0.3, 0.4) is 0 Å². The van der Waals surface area contributed by atoms with Crippen LogP contribution in [0.15, 0.2) is 139 Å². The summed E-state index contributed by atoms with van der Waals surface area (Å²) in [7, 11) is -10.0. The van der Waals surface area contributed by atoms with Crippen LogP contribution in [0.1, 0.15) is 11.1 Å². The third-order valence-corrected chi connectivity index (χ3v) is 9.18. The zero-order valence-electron chi connectivity index (χ0n) is 26.8. The molecule has 0 unspecified atom stereocenters. The Morgan fingerprint density at radius 1 is 0.480 bits per heavy atom. The zero-order valence-corrected chi connectivity index (χ0v) is 32.4. The number of nitrogens with two attached hydrogens (primary N) is 2. The van der Waals surface area contributed by atoms with Crippen LogP contribution in [0.2, 0.25) is 0 Å². The number of nitrogen functional groups attached to an aromatic ring is 2. The van der Waals surface area contributed by atoms with E-state index < -0.39 is 30.0 Å². The molecule has 0 aliphatic carbocycles. The molecule has 0 amide bonds. The summed E-state index contributed by atoms with van der Waals surface area (Å²) in [6.45, 7) is 0. The summed E-state index contributed by atoms with van der Waals surface area (Å²) >= 11 is 0. The van der Waals surface area contributed by atoms with Crippen molar-refractivity contribution in [2.75, 3.05) is 11.5 Å². The molecule has 0 radical (unpaired) electrons. The number of nitrogens with zero attached hydrogens (tertiary/aromatic N) is 4. The SMILES string of the molecule is Nc1ccc(N=Nc2ccc(/C=C/c3ccc(N=Nc4ccc(N)c5ccccc45)cc3S(=O)(=O)[O-])c(S(=O)(=O)[O-])c2)c2ccccc12.[Na+].[Na+]. The maximum absolute atomic E-state index is 12.2. The van der Waals surface area contributed by atoms with Gasteiger partial charge in [-0.25, -0.2) is 16.8 Å². The third-order valence-electron chi connectivity index (χ3n) is 7.39. The van der Waals surface area contributed by atoms with Crippen LogP contribution < -0.4 is 70.6 Å². The van der Waals surface area contributed by atoms with E-state index in [0.29, 0.717) is 22.7 Å². The Morgan fingerprint density at radius 3 is 1.20 bits per heavy atom. The van der Waals surface area contributed by atoms with Crippen LogP contribution in [0.4, 0.5) is 34.1 Å². The second-order valence-corrected chi connectivity index (χ2v) is 13.2. The van der Waals surface area contributed by atoms with Crippen molar-refractivity contribution in [1.29, 1.82) is 0 Å². The smallest absolute Gasteiger partial charge is 0.744 e. The predicted octanol–water partition coefficient (Wildman–Crippen LogP) is 1.97. The number of hydrogen-bond acceptors (Lipinski definition) is 12. The van der Waals surface area contributed by atoms with Crippen molar-refractivity contribution in [3.63, 3.8) is 0 Å². The molecule has 0 heterocycles. The molecule has 0 aliphatic rings. The van der Waals surface area contributed by atoms with Crippen molar-refractivity contribution >= 4 is 88.1 Å². The maximum Gasteiger partial charge on any atom is 1.00 e. The van der Waals surface area contributed by atoms with Gasteiger partial charge in [0.1, 0.15) is 20.2 Å². The molecule has 0 bridgehead atoms. The molecule has 6 aromatic carbocycles. The number of azo groups is 2. The van der Waals surface area contributed by atoms with E-state index in [1.807, 2.05) is 48.5 Å². The van der Waals surface area contributed by atoms with Crippen molar-refractivity contribution in [2.45, 2.75) is 9.79 Å². The van der Waals surface area contributed by atoms with E-state index in [4.69, 9.17) is 11.5 Å². The Hall–Kier alpha value is -3.80. The van der Waals surface area contributed by atoms with Crippen LogP contribution >= 0.6 is 0 Å². The van der Waals surface area contributed by atoms with E-state index in [0.717, 1.165) is 33.7 Å². The number of benzene rings is 6. The molecular weight excluding hydrogens is 699 g/mol. The number of rotatable bonds is 8. The van der Waals surface area contributed by atoms with Crippen molar-refractivity contribution in [1.82, 2.24) is 0 Å². The van der Waals surface area contributed by atoms with Crippen LogP contribution in [0.5, 0.6) is 0 Å². The first-order valence-corrected chi connectivity index (χ1v) is 17.0. The normalized spacial score (nSPS) is 12.1. The molecule has 4 N–H and O–H groups in total. The third kappa shape index (κ3) is 8.73. The largest absolute Gasteiger partial charge is 1.00 e. The Kier molecular flexibility index (Phi) is 12.5. The summed E-state index contributed by atoms with van der Waals surface area (Å²) in [4.78, 5) is -1.24. The average molecular weight is 723 g/mol. The molecule has 12 nitrogen and oxygen atoms in total. The first-order valence-electron chi connectivity index (χ1n) is 14.1. The summed E-state index contributed by atoms with van der Waals surface area (Å²) in [5, 5.41) is 19.7. The monoisotopic (exact) mass is 722 g/mol.